The third kappa shape index (κ3) is 1.89. The number of hydrogen-bond donors (Lipinski definition) is 2. The fraction of sp³-hybridized carbons (Fsp3) is 0. The van der Waals surface area contributed by atoms with E-state index in [1.54, 1.807) is 12.1 Å². The van der Waals surface area contributed by atoms with Crippen LogP contribution in [0, 0.1) is 0 Å². The monoisotopic (exact) mass is 254 g/mol. The van der Waals surface area contributed by atoms with E-state index in [2.05, 4.69) is 0 Å². The Morgan fingerprint density at radius 2 is 2.06 bits per heavy atom. The molecule has 82 valence electrons. The predicted molar refractivity (Wildman–Crippen MR) is 63.4 cm³/mol. The van der Waals surface area contributed by atoms with E-state index in [1.807, 2.05) is 5.38 Å². The van der Waals surface area contributed by atoms with Crippen molar-refractivity contribution < 1.29 is 15.0 Å². The van der Waals surface area contributed by atoms with Crippen molar-refractivity contribution in [2.75, 3.05) is 0 Å². The van der Waals surface area contributed by atoms with Crippen molar-refractivity contribution in [2.24, 2.45) is 0 Å². The molecule has 0 atom stereocenters. The third-order valence-corrected chi connectivity index (χ3v) is 3.48. The molecule has 5 heteroatoms. The standard InChI is InChI=1S/C11H7ClO3S/c12-8-3-4-16-10(8)7-2-1-6(11(14)15)5-9(7)13/h1-5,13H,(H,14,15). The van der Waals surface area contributed by atoms with E-state index >= 15 is 0 Å². The van der Waals surface area contributed by atoms with Crippen molar-refractivity contribution in [3.05, 3.63) is 40.2 Å². The van der Waals surface area contributed by atoms with Crippen LogP contribution in [-0.2, 0) is 0 Å². The number of hydrogen-bond acceptors (Lipinski definition) is 3. The summed E-state index contributed by atoms with van der Waals surface area (Å²) in [5.74, 6) is -1.15. The van der Waals surface area contributed by atoms with Gasteiger partial charge >= 0.3 is 5.97 Å². The lowest BCUT2D eigenvalue weighted by Crippen LogP contribution is -1.95. The number of phenols is 1. The molecule has 0 saturated heterocycles. The van der Waals surface area contributed by atoms with Crippen LogP contribution in [0.3, 0.4) is 0 Å². The Balaban J connectivity index is 2.52. The minimum atomic E-state index is -1.07. The molecule has 2 N–H and O–H groups in total. The number of carboxylic acids is 1. The molecule has 0 aliphatic rings. The van der Waals surface area contributed by atoms with Crippen LogP contribution < -0.4 is 0 Å². The average molecular weight is 255 g/mol. The van der Waals surface area contributed by atoms with Crippen LogP contribution in [0.25, 0.3) is 10.4 Å². The van der Waals surface area contributed by atoms with Crippen LogP contribution in [0.4, 0.5) is 0 Å². The van der Waals surface area contributed by atoms with Crippen molar-refractivity contribution in [3.8, 4) is 16.2 Å². The van der Waals surface area contributed by atoms with Crippen LogP contribution in [-0.4, -0.2) is 16.2 Å². The molecule has 0 radical (unpaired) electrons. The first-order chi connectivity index (χ1) is 7.59. The van der Waals surface area contributed by atoms with Crippen molar-refractivity contribution in [1.29, 1.82) is 0 Å². The van der Waals surface area contributed by atoms with Crippen LogP contribution in [0.2, 0.25) is 5.02 Å². The average Bonchev–Trinajstić information content (AvgIpc) is 2.64. The first-order valence-electron chi connectivity index (χ1n) is 4.39. The highest BCUT2D eigenvalue weighted by atomic mass is 35.5. The van der Waals surface area contributed by atoms with Gasteiger partial charge in [-0.25, -0.2) is 4.79 Å². The lowest BCUT2D eigenvalue weighted by atomic mass is 10.1. The van der Waals surface area contributed by atoms with Crippen molar-refractivity contribution in [2.45, 2.75) is 0 Å². The van der Waals surface area contributed by atoms with Crippen LogP contribution in [0.15, 0.2) is 29.6 Å². The Bertz CT molecular complexity index is 548. The summed E-state index contributed by atoms with van der Waals surface area (Å²) < 4.78 is 0. The number of aromatic hydroxyl groups is 1. The molecule has 0 amide bonds. The lowest BCUT2D eigenvalue weighted by molar-refractivity contribution is 0.0696. The highest BCUT2D eigenvalue weighted by molar-refractivity contribution is 7.14. The van der Waals surface area contributed by atoms with Gasteiger partial charge in [0, 0.05) is 5.56 Å². The van der Waals surface area contributed by atoms with Crippen molar-refractivity contribution in [1.82, 2.24) is 0 Å². The van der Waals surface area contributed by atoms with Gasteiger partial charge in [-0.15, -0.1) is 11.3 Å². The zero-order valence-corrected chi connectivity index (χ0v) is 9.55. The van der Waals surface area contributed by atoms with Gasteiger partial charge in [-0.1, -0.05) is 11.6 Å². The quantitative estimate of drug-likeness (QED) is 0.863. The molecule has 16 heavy (non-hydrogen) atoms. The van der Waals surface area contributed by atoms with E-state index in [9.17, 15) is 9.90 Å². The summed E-state index contributed by atoms with van der Waals surface area (Å²) in [5, 5.41) is 20.8. The normalized spacial score (nSPS) is 10.3. The van der Waals surface area contributed by atoms with Crippen molar-refractivity contribution >= 4 is 28.9 Å². The fourth-order valence-electron chi connectivity index (χ4n) is 1.34. The Hall–Kier alpha value is -1.52. The largest absolute Gasteiger partial charge is 0.507 e. The Labute approximate surface area is 101 Å². The number of aromatic carboxylic acids is 1. The number of carbonyl (C=O) groups is 1. The summed E-state index contributed by atoms with van der Waals surface area (Å²) >= 11 is 7.32. The summed E-state index contributed by atoms with van der Waals surface area (Å²) in [6.07, 6.45) is 0. The van der Waals surface area contributed by atoms with Gasteiger partial charge in [0.05, 0.1) is 15.5 Å². The van der Waals surface area contributed by atoms with E-state index in [0.717, 1.165) is 4.88 Å². The van der Waals surface area contributed by atoms with Gasteiger partial charge in [0.25, 0.3) is 0 Å². The fourth-order valence-corrected chi connectivity index (χ4v) is 2.54. The molecule has 0 saturated carbocycles. The number of rotatable bonds is 2. The molecule has 0 aliphatic heterocycles. The topological polar surface area (TPSA) is 57.5 Å². The molecule has 1 aromatic carbocycles. The maximum atomic E-state index is 10.7. The number of carboxylic acid groups (broad SMARTS) is 1. The molecule has 0 spiro atoms. The summed E-state index contributed by atoms with van der Waals surface area (Å²) in [6.45, 7) is 0. The summed E-state index contributed by atoms with van der Waals surface area (Å²) in [4.78, 5) is 11.4. The second-order valence-corrected chi connectivity index (χ2v) is 4.46. The molecule has 0 bridgehead atoms. The van der Waals surface area contributed by atoms with E-state index in [0.29, 0.717) is 10.6 Å². The maximum Gasteiger partial charge on any atom is 0.335 e. The highest BCUT2D eigenvalue weighted by Gasteiger charge is 2.12. The van der Waals surface area contributed by atoms with E-state index in [-0.39, 0.29) is 11.3 Å². The maximum absolute atomic E-state index is 10.7. The van der Waals surface area contributed by atoms with Crippen LogP contribution in [0.5, 0.6) is 5.75 Å². The molecule has 1 heterocycles. The minimum Gasteiger partial charge on any atom is -0.507 e. The van der Waals surface area contributed by atoms with Gasteiger partial charge in [0.2, 0.25) is 0 Å². The van der Waals surface area contributed by atoms with Crippen LogP contribution >= 0.6 is 22.9 Å². The lowest BCUT2D eigenvalue weighted by Gasteiger charge is -2.03. The molecule has 0 aliphatic carbocycles. The van der Waals surface area contributed by atoms with Gasteiger partial charge in [-0.3, -0.25) is 0 Å². The van der Waals surface area contributed by atoms with Gasteiger partial charge in [-0.2, -0.15) is 0 Å². The Kier molecular flexibility index (Phi) is 2.85. The second kappa shape index (κ2) is 4.15. The second-order valence-electron chi connectivity index (χ2n) is 3.13. The molecule has 2 rings (SSSR count). The number of thiophene rings is 1. The highest BCUT2D eigenvalue weighted by Crippen LogP contribution is 2.38. The number of halogens is 1. The smallest absolute Gasteiger partial charge is 0.335 e. The zero-order valence-electron chi connectivity index (χ0n) is 7.98. The summed E-state index contributed by atoms with van der Waals surface area (Å²) in [6, 6.07) is 5.93. The summed E-state index contributed by atoms with van der Waals surface area (Å²) in [5.41, 5.74) is 0.596. The molecule has 0 unspecified atom stereocenters. The minimum absolute atomic E-state index is 0.0499. The molecular weight excluding hydrogens is 248 g/mol. The molecule has 1 aromatic heterocycles. The number of phenolic OH excluding ortho intramolecular Hbond substituents is 1. The predicted octanol–water partition coefficient (Wildman–Crippen LogP) is 3.47. The van der Waals surface area contributed by atoms with Gasteiger partial charge in [-0.05, 0) is 29.6 Å². The first-order valence-corrected chi connectivity index (χ1v) is 5.65. The van der Waals surface area contributed by atoms with Crippen molar-refractivity contribution in [3.63, 3.8) is 0 Å². The van der Waals surface area contributed by atoms with E-state index in [4.69, 9.17) is 16.7 Å². The molecule has 3 nitrogen and oxygen atoms in total. The molecular formula is C11H7ClO3S. The Morgan fingerprint density at radius 3 is 2.56 bits per heavy atom. The third-order valence-electron chi connectivity index (χ3n) is 2.11. The number of benzene rings is 1. The van der Waals surface area contributed by atoms with Crippen LogP contribution in [0.1, 0.15) is 10.4 Å². The SMILES string of the molecule is O=C(O)c1ccc(-c2sccc2Cl)c(O)c1. The molecule has 0 fully saturated rings. The summed E-state index contributed by atoms with van der Waals surface area (Å²) in [7, 11) is 0. The zero-order chi connectivity index (χ0) is 11.7. The first kappa shape index (κ1) is 11.0. The Morgan fingerprint density at radius 1 is 1.31 bits per heavy atom. The van der Waals surface area contributed by atoms with Gasteiger partial charge in [0.15, 0.2) is 0 Å². The van der Waals surface area contributed by atoms with Gasteiger partial charge in [0.1, 0.15) is 5.75 Å². The molecule has 2 aromatic rings. The van der Waals surface area contributed by atoms with E-state index in [1.165, 1.54) is 23.5 Å². The van der Waals surface area contributed by atoms with E-state index < -0.39 is 5.97 Å². The van der Waals surface area contributed by atoms with Gasteiger partial charge < -0.3 is 10.2 Å².